The molecule has 6 nitrogen and oxygen atoms in total. The first-order valence-corrected chi connectivity index (χ1v) is 13.2. The largest absolute Gasteiger partial charge is 0.274 e. The molecule has 0 radical (unpaired) electrons. The number of nitrogens with zero attached hydrogens (tertiary/aromatic N) is 2. The van der Waals surface area contributed by atoms with Crippen molar-refractivity contribution in [3.05, 3.63) is 57.9 Å². The van der Waals surface area contributed by atoms with Crippen LogP contribution < -0.4 is 4.90 Å². The van der Waals surface area contributed by atoms with E-state index in [0.29, 0.717) is 18.5 Å². The van der Waals surface area contributed by atoms with Crippen LogP contribution in [0.5, 0.6) is 0 Å². The van der Waals surface area contributed by atoms with Crippen molar-refractivity contribution < 1.29 is 22.4 Å². The molecule has 2 aliphatic rings. The quantitative estimate of drug-likeness (QED) is 0.302. The van der Waals surface area contributed by atoms with Crippen LogP contribution in [-0.2, 0) is 19.6 Å². The molecule has 1 aliphatic heterocycles. The van der Waals surface area contributed by atoms with Crippen LogP contribution in [0.25, 0.3) is 0 Å². The topological polar surface area (TPSA) is 74.8 Å². The lowest BCUT2D eigenvalue weighted by Gasteiger charge is -2.33. The Balaban J connectivity index is 1.74. The van der Waals surface area contributed by atoms with Crippen molar-refractivity contribution in [3.63, 3.8) is 0 Å². The summed E-state index contributed by atoms with van der Waals surface area (Å²) in [6.07, 6.45) is 4.78. The molecule has 1 atom stereocenters. The summed E-state index contributed by atoms with van der Waals surface area (Å²) < 4.78 is 43.1. The van der Waals surface area contributed by atoms with Gasteiger partial charge in [-0.15, -0.1) is 0 Å². The summed E-state index contributed by atoms with van der Waals surface area (Å²) in [6, 6.07) is 10.1. The highest BCUT2D eigenvalue weighted by molar-refractivity contribution is 14.1. The van der Waals surface area contributed by atoms with E-state index in [2.05, 4.69) is 22.6 Å². The number of anilines is 1. The summed E-state index contributed by atoms with van der Waals surface area (Å²) in [5.41, 5.74) is 0.433. The molecule has 1 unspecified atom stereocenters. The molecule has 1 saturated carbocycles. The summed E-state index contributed by atoms with van der Waals surface area (Å²) in [6.45, 7) is 0. The third-order valence-electron chi connectivity index (χ3n) is 6.09. The highest BCUT2D eigenvalue weighted by atomic mass is 127. The molecule has 2 aromatic carbocycles. The van der Waals surface area contributed by atoms with E-state index in [1.165, 1.54) is 16.4 Å². The van der Waals surface area contributed by atoms with Gasteiger partial charge in [0.2, 0.25) is 15.9 Å². The minimum absolute atomic E-state index is 0.0730. The van der Waals surface area contributed by atoms with Crippen molar-refractivity contribution in [2.24, 2.45) is 0 Å². The Bertz CT molecular complexity index is 1100. The zero-order valence-electron chi connectivity index (χ0n) is 17.4. The van der Waals surface area contributed by atoms with Crippen molar-refractivity contribution in [2.75, 3.05) is 4.90 Å². The minimum Gasteiger partial charge on any atom is -0.274 e. The van der Waals surface area contributed by atoms with Crippen molar-refractivity contribution in [2.45, 2.75) is 61.9 Å². The van der Waals surface area contributed by atoms with Gasteiger partial charge in [-0.2, -0.15) is 4.31 Å². The monoisotopic (exact) mass is 570 g/mol. The van der Waals surface area contributed by atoms with E-state index >= 15 is 0 Å². The Kier molecular flexibility index (Phi) is 6.97. The lowest BCUT2D eigenvalue weighted by atomic mass is 10.1. The molecule has 4 rings (SSSR count). The minimum atomic E-state index is -4.12. The molecule has 32 heavy (non-hydrogen) atoms. The average molecular weight is 570 g/mol. The van der Waals surface area contributed by atoms with Gasteiger partial charge in [0.1, 0.15) is 11.9 Å². The fourth-order valence-corrected chi connectivity index (χ4v) is 6.72. The first kappa shape index (κ1) is 23.3. The van der Waals surface area contributed by atoms with Gasteiger partial charge in [0.05, 0.1) is 17.0 Å². The number of imide groups is 1. The van der Waals surface area contributed by atoms with Crippen molar-refractivity contribution in [1.29, 1.82) is 0 Å². The molecule has 2 amide bonds. The molecule has 1 aliphatic carbocycles. The Morgan fingerprint density at radius 2 is 1.50 bits per heavy atom. The highest BCUT2D eigenvalue weighted by Gasteiger charge is 2.49. The van der Waals surface area contributed by atoms with Gasteiger partial charge in [0, 0.05) is 9.61 Å². The Labute approximate surface area is 201 Å². The van der Waals surface area contributed by atoms with E-state index in [1.807, 2.05) is 0 Å². The molecule has 170 valence electrons. The zero-order valence-corrected chi connectivity index (χ0v) is 20.4. The van der Waals surface area contributed by atoms with Crippen LogP contribution in [-0.4, -0.2) is 36.6 Å². The fraction of sp³-hybridized carbons (Fsp3) is 0.391. The second kappa shape index (κ2) is 9.56. The second-order valence-electron chi connectivity index (χ2n) is 8.20. The van der Waals surface area contributed by atoms with Crippen LogP contribution in [0.3, 0.4) is 0 Å². The molecule has 2 fully saturated rings. The number of sulfonamides is 1. The van der Waals surface area contributed by atoms with Gasteiger partial charge in [-0.3, -0.25) is 9.59 Å². The molecule has 0 N–H and O–H groups in total. The van der Waals surface area contributed by atoms with Gasteiger partial charge in [-0.1, -0.05) is 25.7 Å². The Morgan fingerprint density at radius 1 is 0.906 bits per heavy atom. The van der Waals surface area contributed by atoms with Gasteiger partial charge in [0.25, 0.3) is 5.91 Å². The Morgan fingerprint density at radius 3 is 2.09 bits per heavy atom. The van der Waals surface area contributed by atoms with Crippen LogP contribution in [0.4, 0.5) is 10.1 Å². The van der Waals surface area contributed by atoms with Crippen LogP contribution in [0.1, 0.15) is 44.9 Å². The summed E-state index contributed by atoms with van der Waals surface area (Å²) in [4.78, 5) is 27.3. The molecule has 0 bridgehead atoms. The SMILES string of the molecule is O=C1CC(N(C2CCCCCC2)S(=O)(=O)c2ccc(F)cc2)C(=O)N1c1ccc(I)cc1. The van der Waals surface area contributed by atoms with Gasteiger partial charge < -0.3 is 0 Å². The average Bonchev–Trinajstić information content (AvgIpc) is 2.93. The van der Waals surface area contributed by atoms with E-state index < -0.39 is 33.7 Å². The highest BCUT2D eigenvalue weighted by Crippen LogP contribution is 2.34. The Hall–Kier alpha value is -1.85. The van der Waals surface area contributed by atoms with Crippen LogP contribution in [0.15, 0.2) is 53.4 Å². The number of benzene rings is 2. The number of carbonyl (C=O) groups is 2. The zero-order chi connectivity index (χ0) is 22.9. The number of rotatable bonds is 5. The van der Waals surface area contributed by atoms with Gasteiger partial charge >= 0.3 is 0 Å². The number of hydrogen-bond acceptors (Lipinski definition) is 4. The van der Waals surface area contributed by atoms with Crippen LogP contribution in [0, 0.1) is 9.39 Å². The predicted molar refractivity (Wildman–Crippen MR) is 127 cm³/mol. The van der Waals surface area contributed by atoms with E-state index in [4.69, 9.17) is 0 Å². The number of hydrogen-bond donors (Lipinski definition) is 0. The molecule has 1 heterocycles. The summed E-state index contributed by atoms with van der Waals surface area (Å²) in [5.74, 6) is -1.50. The molecule has 9 heteroatoms. The lowest BCUT2D eigenvalue weighted by Crippen LogP contribution is -2.50. The van der Waals surface area contributed by atoms with E-state index in [0.717, 1.165) is 46.3 Å². The maximum Gasteiger partial charge on any atom is 0.252 e. The van der Waals surface area contributed by atoms with E-state index in [1.54, 1.807) is 24.3 Å². The second-order valence-corrected chi connectivity index (χ2v) is 11.3. The summed E-state index contributed by atoms with van der Waals surface area (Å²) in [7, 11) is -4.12. The van der Waals surface area contributed by atoms with E-state index in [9.17, 15) is 22.4 Å². The molecular weight excluding hydrogens is 546 g/mol. The smallest absolute Gasteiger partial charge is 0.252 e. The first-order valence-electron chi connectivity index (χ1n) is 10.7. The van der Waals surface area contributed by atoms with Crippen LogP contribution >= 0.6 is 22.6 Å². The maximum atomic E-state index is 13.7. The normalized spacial score (nSPS) is 20.7. The third-order valence-corrected chi connectivity index (χ3v) is 8.78. The standard InChI is InChI=1S/C23H24FIN2O4S/c24-16-7-13-20(14-8-16)32(30,31)27(19-5-3-1-2-4-6-19)21-15-22(28)26(23(21)29)18-11-9-17(25)10-12-18/h7-14,19,21H,1-6,15H2. The number of carbonyl (C=O) groups excluding carboxylic acids is 2. The first-order chi connectivity index (χ1) is 15.3. The predicted octanol–water partition coefficient (Wildman–Crippen LogP) is 4.48. The van der Waals surface area contributed by atoms with Gasteiger partial charge in [0.15, 0.2) is 0 Å². The van der Waals surface area contributed by atoms with E-state index in [-0.39, 0.29) is 17.4 Å². The molecular formula is C23H24FIN2O4S. The van der Waals surface area contributed by atoms with Crippen molar-refractivity contribution in [3.8, 4) is 0 Å². The summed E-state index contributed by atoms with van der Waals surface area (Å²) >= 11 is 2.13. The maximum absolute atomic E-state index is 13.7. The van der Waals surface area contributed by atoms with Crippen LogP contribution in [0.2, 0.25) is 0 Å². The number of halogens is 2. The fourth-order valence-electron chi connectivity index (χ4n) is 4.53. The lowest BCUT2D eigenvalue weighted by molar-refractivity contribution is -0.122. The molecule has 2 aromatic rings. The van der Waals surface area contributed by atoms with Gasteiger partial charge in [-0.25, -0.2) is 17.7 Å². The number of amides is 2. The van der Waals surface area contributed by atoms with Crippen molar-refractivity contribution in [1.82, 2.24) is 4.31 Å². The van der Waals surface area contributed by atoms with Gasteiger partial charge in [-0.05, 0) is 84.0 Å². The van der Waals surface area contributed by atoms with Crippen molar-refractivity contribution >= 4 is 50.1 Å². The molecule has 1 saturated heterocycles. The summed E-state index contributed by atoms with van der Waals surface area (Å²) in [5, 5.41) is 0. The molecule has 0 spiro atoms. The third kappa shape index (κ3) is 4.60. The molecule has 0 aromatic heterocycles.